The van der Waals surface area contributed by atoms with Crippen molar-refractivity contribution in [1.29, 1.82) is 0 Å². The number of hydrogen-bond donors (Lipinski definition) is 0. The summed E-state index contributed by atoms with van der Waals surface area (Å²) in [5.74, 6) is 0.760. The summed E-state index contributed by atoms with van der Waals surface area (Å²) >= 11 is 0. The molecule has 0 radical (unpaired) electrons. The molecule has 8 nitrogen and oxygen atoms in total. The van der Waals surface area contributed by atoms with Gasteiger partial charge in [0.15, 0.2) is 0 Å². The molecule has 0 N–H and O–H groups in total. The number of carbonyl (C=O) groups excluding carboxylic acids is 1. The molecule has 2 aromatic heterocycles. The number of aromatic nitrogens is 2. The number of carbonyl (C=O) groups is 1. The van der Waals surface area contributed by atoms with Gasteiger partial charge in [-0.2, -0.15) is 5.10 Å². The summed E-state index contributed by atoms with van der Waals surface area (Å²) in [6, 6.07) is 13.5. The molecule has 0 fully saturated rings. The van der Waals surface area contributed by atoms with Crippen LogP contribution in [0.5, 0.6) is 0 Å². The molecule has 0 aliphatic carbocycles. The molecule has 0 unspecified atom stereocenters. The maximum Gasteiger partial charge on any atom is 0.410 e. The zero-order valence-electron chi connectivity index (χ0n) is 19.9. The number of rotatable bonds is 4. The Morgan fingerprint density at radius 3 is 2.57 bits per heavy atom. The van der Waals surface area contributed by atoms with Crippen molar-refractivity contribution in [3.8, 4) is 0 Å². The number of furan rings is 1. The first kappa shape index (κ1) is 23.2. The summed E-state index contributed by atoms with van der Waals surface area (Å²) in [6.45, 7) is 6.59. The average Bonchev–Trinajstić information content (AvgIpc) is 3.46. The van der Waals surface area contributed by atoms with Crippen LogP contribution in [0.2, 0.25) is 0 Å². The normalized spacial score (nSPS) is 14.2. The quantitative estimate of drug-likeness (QED) is 0.405. The maximum atomic E-state index is 13.5. The van der Waals surface area contributed by atoms with Crippen LogP contribution in [-0.2, 0) is 34.1 Å². The van der Waals surface area contributed by atoms with E-state index in [0.29, 0.717) is 36.0 Å². The van der Waals surface area contributed by atoms with Crippen molar-refractivity contribution in [2.24, 2.45) is 0 Å². The van der Waals surface area contributed by atoms with Gasteiger partial charge in [-0.15, -0.1) is 0 Å². The SMILES string of the molecule is CC(C)(C)OC(=O)N1CCc2oc3c(Cn4cccn4)cc(S(=O)(=O)c4ccccc4)cc3c2C1. The largest absolute Gasteiger partial charge is 0.460 e. The van der Waals surface area contributed by atoms with Crippen molar-refractivity contribution in [3.63, 3.8) is 0 Å². The molecule has 0 saturated heterocycles. The molecule has 0 atom stereocenters. The number of sulfone groups is 1. The summed E-state index contributed by atoms with van der Waals surface area (Å²) < 4.78 is 40.6. The van der Waals surface area contributed by atoms with E-state index < -0.39 is 21.5 Å². The highest BCUT2D eigenvalue weighted by atomic mass is 32.2. The van der Waals surface area contributed by atoms with Crippen molar-refractivity contribution in [2.75, 3.05) is 6.54 Å². The number of hydrogen-bond acceptors (Lipinski definition) is 6. The summed E-state index contributed by atoms with van der Waals surface area (Å²) in [7, 11) is -3.77. The third kappa shape index (κ3) is 4.55. The highest BCUT2D eigenvalue weighted by Gasteiger charge is 2.31. The van der Waals surface area contributed by atoms with Crippen LogP contribution in [0, 0.1) is 0 Å². The topological polar surface area (TPSA) is 94.6 Å². The Labute approximate surface area is 204 Å². The first-order valence-corrected chi connectivity index (χ1v) is 12.9. The van der Waals surface area contributed by atoms with Crippen molar-refractivity contribution >= 4 is 26.9 Å². The second-order valence-electron chi connectivity index (χ2n) is 9.63. The van der Waals surface area contributed by atoms with Crippen molar-refractivity contribution in [1.82, 2.24) is 14.7 Å². The van der Waals surface area contributed by atoms with Crippen LogP contribution in [0.25, 0.3) is 11.0 Å². The van der Waals surface area contributed by atoms with E-state index in [1.165, 1.54) is 0 Å². The Morgan fingerprint density at radius 1 is 1.11 bits per heavy atom. The van der Waals surface area contributed by atoms with Gasteiger partial charge in [0.05, 0.1) is 22.9 Å². The Kier molecular flexibility index (Phi) is 5.67. The number of fused-ring (bicyclic) bond motifs is 3. The lowest BCUT2D eigenvalue weighted by Crippen LogP contribution is -2.39. The maximum absolute atomic E-state index is 13.5. The van der Waals surface area contributed by atoms with E-state index in [1.807, 2.05) is 33.0 Å². The molecule has 1 aliphatic heterocycles. The lowest BCUT2D eigenvalue weighted by molar-refractivity contribution is 0.0220. The van der Waals surface area contributed by atoms with Crippen LogP contribution in [-0.4, -0.2) is 41.3 Å². The highest BCUT2D eigenvalue weighted by molar-refractivity contribution is 7.91. The van der Waals surface area contributed by atoms with Gasteiger partial charge in [0.1, 0.15) is 16.9 Å². The van der Waals surface area contributed by atoms with Crippen LogP contribution >= 0.6 is 0 Å². The van der Waals surface area contributed by atoms with Gasteiger partial charge >= 0.3 is 6.09 Å². The second-order valence-corrected chi connectivity index (χ2v) is 11.6. The third-order valence-corrected chi connectivity index (χ3v) is 7.64. The van der Waals surface area contributed by atoms with E-state index in [1.54, 1.807) is 58.2 Å². The molecule has 1 aliphatic rings. The van der Waals surface area contributed by atoms with E-state index in [4.69, 9.17) is 9.15 Å². The van der Waals surface area contributed by atoms with Crippen molar-refractivity contribution in [2.45, 2.75) is 55.7 Å². The molecular formula is C26H27N3O5S. The number of benzene rings is 2. The van der Waals surface area contributed by atoms with Gasteiger partial charge in [0, 0.05) is 41.9 Å². The third-order valence-electron chi connectivity index (χ3n) is 5.89. The first-order chi connectivity index (χ1) is 16.6. The smallest absolute Gasteiger partial charge is 0.410 e. The van der Waals surface area contributed by atoms with E-state index in [9.17, 15) is 13.2 Å². The van der Waals surface area contributed by atoms with Crippen LogP contribution < -0.4 is 0 Å². The Balaban J connectivity index is 1.63. The summed E-state index contributed by atoms with van der Waals surface area (Å²) in [6.07, 6.45) is 3.61. The minimum absolute atomic E-state index is 0.177. The van der Waals surface area contributed by atoms with E-state index in [0.717, 1.165) is 11.3 Å². The summed E-state index contributed by atoms with van der Waals surface area (Å²) in [4.78, 5) is 14.8. The first-order valence-electron chi connectivity index (χ1n) is 11.4. The highest BCUT2D eigenvalue weighted by Crippen LogP contribution is 2.36. The Bertz CT molecular complexity index is 1480. The Hall–Kier alpha value is -3.59. The molecule has 4 aromatic rings. The average molecular weight is 494 g/mol. The zero-order chi connectivity index (χ0) is 24.8. The van der Waals surface area contributed by atoms with Crippen molar-refractivity contribution < 1.29 is 22.4 Å². The Morgan fingerprint density at radius 2 is 1.89 bits per heavy atom. The predicted octanol–water partition coefficient (Wildman–Crippen LogP) is 4.80. The molecule has 35 heavy (non-hydrogen) atoms. The standard InChI is InChI=1S/C26H27N3O5S/c1-26(2,3)34-25(30)28-13-10-23-22(17-28)21-15-20(35(31,32)19-8-5-4-6-9-19)14-18(24(21)33-23)16-29-12-7-11-27-29/h4-9,11-12,14-15H,10,13,16-17H2,1-3H3. The summed E-state index contributed by atoms with van der Waals surface area (Å²) in [5.41, 5.74) is 1.52. The van der Waals surface area contributed by atoms with Crippen LogP contribution in [0.4, 0.5) is 4.79 Å². The molecule has 182 valence electrons. The lowest BCUT2D eigenvalue weighted by atomic mass is 10.0. The van der Waals surface area contributed by atoms with Crippen LogP contribution in [0.15, 0.2) is 75.1 Å². The molecule has 0 saturated carbocycles. The van der Waals surface area contributed by atoms with Crippen LogP contribution in [0.3, 0.4) is 0 Å². The van der Waals surface area contributed by atoms with Gasteiger partial charge in [0.2, 0.25) is 9.84 Å². The summed E-state index contributed by atoms with van der Waals surface area (Å²) in [5, 5.41) is 4.96. The fraction of sp³-hybridized carbons (Fsp3) is 0.308. The van der Waals surface area contributed by atoms with Gasteiger partial charge in [0.25, 0.3) is 0 Å². The zero-order valence-corrected chi connectivity index (χ0v) is 20.7. The van der Waals surface area contributed by atoms with Gasteiger partial charge in [-0.1, -0.05) is 18.2 Å². The van der Waals surface area contributed by atoms with Crippen molar-refractivity contribution in [3.05, 3.63) is 77.8 Å². The monoisotopic (exact) mass is 493 g/mol. The van der Waals surface area contributed by atoms with Gasteiger partial charge in [-0.3, -0.25) is 4.68 Å². The molecule has 9 heteroatoms. The predicted molar refractivity (Wildman–Crippen MR) is 130 cm³/mol. The molecular weight excluding hydrogens is 466 g/mol. The fourth-order valence-corrected chi connectivity index (χ4v) is 5.64. The molecule has 5 rings (SSSR count). The van der Waals surface area contributed by atoms with Gasteiger partial charge in [-0.25, -0.2) is 13.2 Å². The molecule has 2 aromatic carbocycles. The minimum Gasteiger partial charge on any atom is -0.460 e. The number of ether oxygens (including phenoxy) is 1. The number of nitrogens with zero attached hydrogens (tertiary/aromatic N) is 3. The lowest BCUT2D eigenvalue weighted by Gasteiger charge is -2.29. The molecule has 3 heterocycles. The molecule has 0 bridgehead atoms. The molecule has 1 amide bonds. The fourth-order valence-electron chi connectivity index (χ4n) is 4.28. The van der Waals surface area contributed by atoms with E-state index in [2.05, 4.69) is 5.10 Å². The minimum atomic E-state index is -3.77. The van der Waals surface area contributed by atoms with Gasteiger partial charge in [-0.05, 0) is 51.1 Å². The van der Waals surface area contributed by atoms with E-state index in [-0.39, 0.29) is 16.3 Å². The van der Waals surface area contributed by atoms with Crippen LogP contribution in [0.1, 0.15) is 37.7 Å². The number of amides is 1. The molecule has 0 spiro atoms. The van der Waals surface area contributed by atoms with Gasteiger partial charge < -0.3 is 14.1 Å². The second kappa shape index (κ2) is 8.57. The van der Waals surface area contributed by atoms with E-state index >= 15 is 0 Å².